The van der Waals surface area contributed by atoms with E-state index in [1.165, 1.54) is 0 Å². The first-order chi connectivity index (χ1) is 7.26. The number of Topliss-reactive ketones (excluding diaryl/α,β-unsaturated/α-hetero) is 1. The molecule has 15 heavy (non-hydrogen) atoms. The van der Waals surface area contributed by atoms with Crippen molar-refractivity contribution in [2.75, 3.05) is 13.7 Å². The summed E-state index contributed by atoms with van der Waals surface area (Å²) in [6, 6.07) is 7.58. The lowest BCUT2D eigenvalue weighted by Crippen LogP contribution is -2.06. The highest BCUT2D eigenvalue weighted by Crippen LogP contribution is 2.13. The Kier molecular flexibility index (Phi) is 4.84. The van der Waals surface area contributed by atoms with E-state index in [1.807, 2.05) is 24.3 Å². The average molecular weight is 207 g/mol. The molecule has 3 heteroatoms. The molecule has 1 aromatic rings. The molecule has 2 N–H and O–H groups in total. The van der Waals surface area contributed by atoms with Crippen LogP contribution in [0.15, 0.2) is 24.3 Å². The van der Waals surface area contributed by atoms with Crippen LogP contribution in [0, 0.1) is 0 Å². The van der Waals surface area contributed by atoms with Gasteiger partial charge in [0, 0.05) is 12.8 Å². The van der Waals surface area contributed by atoms with Crippen molar-refractivity contribution >= 4 is 5.78 Å². The molecule has 82 valence electrons. The van der Waals surface area contributed by atoms with E-state index in [1.54, 1.807) is 7.11 Å². The summed E-state index contributed by atoms with van der Waals surface area (Å²) in [5.41, 5.74) is 6.34. The molecule has 0 saturated heterocycles. The Morgan fingerprint density at radius 3 is 2.93 bits per heavy atom. The van der Waals surface area contributed by atoms with Crippen LogP contribution in [-0.2, 0) is 11.2 Å². The topological polar surface area (TPSA) is 52.3 Å². The van der Waals surface area contributed by atoms with E-state index in [-0.39, 0.29) is 5.78 Å². The highest BCUT2D eigenvalue weighted by atomic mass is 16.5. The molecule has 0 bridgehead atoms. The van der Waals surface area contributed by atoms with Gasteiger partial charge < -0.3 is 10.5 Å². The molecule has 0 aliphatic heterocycles. The number of benzene rings is 1. The van der Waals surface area contributed by atoms with Gasteiger partial charge in [0.25, 0.3) is 0 Å². The molecule has 1 aromatic carbocycles. The highest BCUT2D eigenvalue weighted by molar-refractivity contribution is 5.80. The largest absolute Gasteiger partial charge is 0.497 e. The van der Waals surface area contributed by atoms with Crippen molar-refractivity contribution in [2.45, 2.75) is 19.3 Å². The molecular weight excluding hydrogens is 190 g/mol. The summed E-state index contributed by atoms with van der Waals surface area (Å²) < 4.78 is 5.09. The second kappa shape index (κ2) is 6.19. The fraction of sp³-hybridized carbons (Fsp3) is 0.417. The van der Waals surface area contributed by atoms with Crippen molar-refractivity contribution in [3.63, 3.8) is 0 Å². The second-order valence-corrected chi connectivity index (χ2v) is 3.46. The van der Waals surface area contributed by atoms with Gasteiger partial charge in [-0.25, -0.2) is 0 Å². The Hall–Kier alpha value is -1.35. The number of ether oxygens (including phenoxy) is 1. The third-order valence-corrected chi connectivity index (χ3v) is 2.20. The summed E-state index contributed by atoms with van der Waals surface area (Å²) in [6.45, 7) is 0.573. The lowest BCUT2D eigenvalue weighted by Gasteiger charge is -2.03. The Bertz CT molecular complexity index is 323. The molecule has 0 heterocycles. The van der Waals surface area contributed by atoms with E-state index < -0.39 is 0 Å². The van der Waals surface area contributed by atoms with Gasteiger partial charge in [-0.1, -0.05) is 12.1 Å². The maximum atomic E-state index is 11.5. The maximum absolute atomic E-state index is 11.5. The third-order valence-electron chi connectivity index (χ3n) is 2.20. The predicted octanol–water partition coefficient (Wildman–Crippen LogP) is 1.55. The van der Waals surface area contributed by atoms with Crippen molar-refractivity contribution < 1.29 is 9.53 Å². The molecule has 0 radical (unpaired) electrons. The fourth-order valence-corrected chi connectivity index (χ4v) is 1.40. The van der Waals surface area contributed by atoms with Crippen molar-refractivity contribution in [3.8, 4) is 5.75 Å². The molecule has 0 unspecified atom stereocenters. The van der Waals surface area contributed by atoms with E-state index in [0.29, 0.717) is 19.4 Å². The Morgan fingerprint density at radius 1 is 1.47 bits per heavy atom. The molecule has 3 nitrogen and oxygen atoms in total. The lowest BCUT2D eigenvalue weighted by atomic mass is 10.1. The summed E-state index contributed by atoms with van der Waals surface area (Å²) in [4.78, 5) is 11.5. The summed E-state index contributed by atoms with van der Waals surface area (Å²) in [5.74, 6) is 1.02. The zero-order valence-electron chi connectivity index (χ0n) is 9.03. The first kappa shape index (κ1) is 11.7. The van der Waals surface area contributed by atoms with Crippen LogP contribution in [0.3, 0.4) is 0 Å². The molecule has 0 fully saturated rings. The number of hydrogen-bond acceptors (Lipinski definition) is 3. The van der Waals surface area contributed by atoms with E-state index >= 15 is 0 Å². The minimum absolute atomic E-state index is 0.230. The van der Waals surface area contributed by atoms with E-state index in [9.17, 15) is 4.79 Å². The molecular formula is C12H17NO2. The Labute approximate surface area is 90.2 Å². The second-order valence-electron chi connectivity index (χ2n) is 3.46. The van der Waals surface area contributed by atoms with Crippen LogP contribution >= 0.6 is 0 Å². The number of carbonyl (C=O) groups excluding carboxylic acids is 1. The summed E-state index contributed by atoms with van der Waals surface area (Å²) in [6.07, 6.45) is 1.80. The number of ketones is 1. The highest BCUT2D eigenvalue weighted by Gasteiger charge is 2.03. The van der Waals surface area contributed by atoms with Gasteiger partial charge in [0.2, 0.25) is 0 Å². The number of carbonyl (C=O) groups is 1. The van der Waals surface area contributed by atoms with Crippen LogP contribution in [0.5, 0.6) is 5.75 Å². The van der Waals surface area contributed by atoms with Gasteiger partial charge >= 0.3 is 0 Å². The van der Waals surface area contributed by atoms with Crippen LogP contribution in [-0.4, -0.2) is 19.4 Å². The van der Waals surface area contributed by atoms with Gasteiger partial charge in [-0.05, 0) is 30.7 Å². The molecule has 0 aliphatic rings. The minimum atomic E-state index is 0.230. The smallest absolute Gasteiger partial charge is 0.137 e. The Morgan fingerprint density at radius 2 is 2.27 bits per heavy atom. The van der Waals surface area contributed by atoms with E-state index in [4.69, 9.17) is 10.5 Å². The van der Waals surface area contributed by atoms with Crippen molar-refractivity contribution in [3.05, 3.63) is 29.8 Å². The molecule has 1 rings (SSSR count). The first-order valence-electron chi connectivity index (χ1n) is 5.11. The maximum Gasteiger partial charge on any atom is 0.137 e. The summed E-state index contributed by atoms with van der Waals surface area (Å²) >= 11 is 0. The van der Waals surface area contributed by atoms with Crippen LogP contribution in [0.1, 0.15) is 18.4 Å². The number of rotatable bonds is 6. The van der Waals surface area contributed by atoms with Crippen LogP contribution in [0.2, 0.25) is 0 Å². The summed E-state index contributed by atoms with van der Waals surface area (Å²) in [5, 5.41) is 0. The molecule has 0 saturated carbocycles. The monoisotopic (exact) mass is 207 g/mol. The minimum Gasteiger partial charge on any atom is -0.497 e. The van der Waals surface area contributed by atoms with Gasteiger partial charge in [-0.2, -0.15) is 0 Å². The van der Waals surface area contributed by atoms with E-state index in [0.717, 1.165) is 17.7 Å². The molecule has 0 atom stereocenters. The standard InChI is InChI=1S/C12H17NO2/c1-15-12-6-2-4-10(9-12)8-11(14)5-3-7-13/h2,4,6,9H,3,5,7-8,13H2,1H3. The number of nitrogens with two attached hydrogens (primary N) is 1. The molecule has 0 aliphatic carbocycles. The quantitative estimate of drug-likeness (QED) is 0.770. The normalized spacial score (nSPS) is 10.0. The van der Waals surface area contributed by atoms with Crippen molar-refractivity contribution in [1.82, 2.24) is 0 Å². The fourth-order valence-electron chi connectivity index (χ4n) is 1.40. The zero-order valence-corrected chi connectivity index (χ0v) is 9.03. The third kappa shape index (κ3) is 4.13. The first-order valence-corrected chi connectivity index (χ1v) is 5.11. The van der Waals surface area contributed by atoms with Crippen molar-refractivity contribution in [1.29, 1.82) is 0 Å². The molecule has 0 spiro atoms. The predicted molar refractivity (Wildman–Crippen MR) is 60.0 cm³/mol. The lowest BCUT2D eigenvalue weighted by molar-refractivity contribution is -0.118. The van der Waals surface area contributed by atoms with Crippen LogP contribution < -0.4 is 10.5 Å². The number of methoxy groups -OCH3 is 1. The van der Waals surface area contributed by atoms with Gasteiger partial charge in [0.1, 0.15) is 11.5 Å². The Balaban J connectivity index is 2.52. The average Bonchev–Trinajstić information content (AvgIpc) is 2.26. The zero-order chi connectivity index (χ0) is 11.1. The van der Waals surface area contributed by atoms with Crippen LogP contribution in [0.4, 0.5) is 0 Å². The van der Waals surface area contributed by atoms with Gasteiger partial charge in [0.05, 0.1) is 7.11 Å². The number of hydrogen-bond donors (Lipinski definition) is 1. The molecule has 0 aromatic heterocycles. The summed E-state index contributed by atoms with van der Waals surface area (Å²) in [7, 11) is 1.62. The van der Waals surface area contributed by atoms with Gasteiger partial charge in [-0.3, -0.25) is 4.79 Å². The molecule has 0 amide bonds. The van der Waals surface area contributed by atoms with Crippen LogP contribution in [0.25, 0.3) is 0 Å². The van der Waals surface area contributed by atoms with Crippen molar-refractivity contribution in [2.24, 2.45) is 5.73 Å². The van der Waals surface area contributed by atoms with Gasteiger partial charge in [0.15, 0.2) is 0 Å². The van der Waals surface area contributed by atoms with E-state index in [2.05, 4.69) is 0 Å². The van der Waals surface area contributed by atoms with Gasteiger partial charge in [-0.15, -0.1) is 0 Å². The SMILES string of the molecule is COc1cccc(CC(=O)CCCN)c1.